The number of aromatic nitrogens is 1. The summed E-state index contributed by atoms with van der Waals surface area (Å²) < 4.78 is 5.61. The standard InChI is InChI=1S/C16H22N2O2/c1-3-12-10-6-5-8-16(14(10)17-19-12)9-7-11-13(4-2)20-18-15(11)16/h11,13H,3-9H2,1-2H3/t11-,13+,16-/m0/s1. The van der Waals surface area contributed by atoms with Crippen LogP contribution in [0.1, 0.15) is 63.0 Å². The number of hydrogen-bond acceptors (Lipinski definition) is 4. The van der Waals surface area contributed by atoms with Crippen LogP contribution < -0.4 is 0 Å². The van der Waals surface area contributed by atoms with E-state index in [2.05, 4.69) is 24.2 Å². The van der Waals surface area contributed by atoms with Gasteiger partial charge in [0.1, 0.15) is 11.9 Å². The van der Waals surface area contributed by atoms with Crippen LogP contribution in [0.2, 0.25) is 0 Å². The maximum atomic E-state index is 5.67. The lowest BCUT2D eigenvalue weighted by Crippen LogP contribution is -2.37. The molecule has 20 heavy (non-hydrogen) atoms. The van der Waals surface area contributed by atoms with Crippen LogP contribution in [0.5, 0.6) is 0 Å². The zero-order valence-electron chi connectivity index (χ0n) is 12.3. The molecule has 1 saturated carbocycles. The number of oxime groups is 1. The summed E-state index contributed by atoms with van der Waals surface area (Å²) in [6.45, 7) is 4.33. The minimum Gasteiger partial charge on any atom is -0.392 e. The zero-order chi connectivity index (χ0) is 13.7. The molecule has 1 aromatic heterocycles. The van der Waals surface area contributed by atoms with Crippen molar-refractivity contribution < 1.29 is 9.36 Å². The van der Waals surface area contributed by atoms with Crippen molar-refractivity contribution in [2.24, 2.45) is 11.1 Å². The molecule has 108 valence electrons. The molecule has 1 fully saturated rings. The third-order valence-electron chi connectivity index (χ3n) is 5.54. The van der Waals surface area contributed by atoms with Gasteiger partial charge >= 0.3 is 0 Å². The normalized spacial score (nSPS) is 34.8. The van der Waals surface area contributed by atoms with Gasteiger partial charge in [-0.1, -0.05) is 24.2 Å². The molecule has 1 spiro atoms. The second-order valence-corrected chi connectivity index (χ2v) is 6.40. The molecule has 2 heterocycles. The molecular weight excluding hydrogens is 252 g/mol. The summed E-state index contributed by atoms with van der Waals surface area (Å²) in [6.07, 6.45) is 8.09. The van der Waals surface area contributed by atoms with Crippen LogP contribution in [-0.2, 0) is 23.1 Å². The van der Waals surface area contributed by atoms with Crippen LogP contribution in [0.25, 0.3) is 0 Å². The van der Waals surface area contributed by atoms with Crippen molar-refractivity contribution in [3.8, 4) is 0 Å². The van der Waals surface area contributed by atoms with Crippen molar-refractivity contribution in [2.75, 3.05) is 0 Å². The van der Waals surface area contributed by atoms with E-state index >= 15 is 0 Å². The fraction of sp³-hybridized carbons (Fsp3) is 0.750. The molecule has 3 atom stereocenters. The summed E-state index contributed by atoms with van der Waals surface area (Å²) in [4.78, 5) is 5.67. The minimum atomic E-state index is 0.0269. The lowest BCUT2D eigenvalue weighted by atomic mass is 9.70. The Morgan fingerprint density at radius 3 is 3.00 bits per heavy atom. The summed E-state index contributed by atoms with van der Waals surface area (Å²) in [5.41, 5.74) is 3.84. The highest BCUT2D eigenvalue weighted by Crippen LogP contribution is 2.52. The predicted octanol–water partition coefficient (Wildman–Crippen LogP) is 3.39. The van der Waals surface area contributed by atoms with Crippen LogP contribution in [0.3, 0.4) is 0 Å². The number of rotatable bonds is 2. The van der Waals surface area contributed by atoms with Crippen molar-refractivity contribution in [1.29, 1.82) is 0 Å². The van der Waals surface area contributed by atoms with Crippen molar-refractivity contribution in [3.05, 3.63) is 17.0 Å². The largest absolute Gasteiger partial charge is 0.392 e. The SMILES string of the molecule is CCc1onc2c1CCC[C@]21CC[C@@H]2C1=NO[C@@H]2CC. The molecule has 0 amide bonds. The monoisotopic (exact) mass is 274 g/mol. The Hall–Kier alpha value is -1.32. The van der Waals surface area contributed by atoms with E-state index in [0.717, 1.165) is 31.4 Å². The lowest BCUT2D eigenvalue weighted by Gasteiger charge is -2.31. The molecule has 0 unspecified atom stereocenters. The van der Waals surface area contributed by atoms with E-state index in [1.54, 1.807) is 0 Å². The summed E-state index contributed by atoms with van der Waals surface area (Å²) in [7, 11) is 0. The molecule has 0 N–H and O–H groups in total. The van der Waals surface area contributed by atoms with Gasteiger partial charge in [0.25, 0.3) is 0 Å². The molecule has 0 radical (unpaired) electrons. The van der Waals surface area contributed by atoms with Crippen molar-refractivity contribution in [3.63, 3.8) is 0 Å². The molecule has 1 aliphatic heterocycles. The Labute approximate surface area is 119 Å². The van der Waals surface area contributed by atoms with Crippen LogP contribution in [0.15, 0.2) is 9.68 Å². The molecule has 1 aromatic rings. The Bertz CT molecular complexity index is 563. The molecular formula is C16H22N2O2. The second kappa shape index (κ2) is 4.34. The van der Waals surface area contributed by atoms with Gasteiger partial charge in [0.2, 0.25) is 0 Å². The molecule has 4 rings (SSSR count). The Morgan fingerprint density at radius 1 is 1.30 bits per heavy atom. The molecule has 2 aliphatic carbocycles. The highest BCUT2D eigenvalue weighted by atomic mass is 16.6. The second-order valence-electron chi connectivity index (χ2n) is 6.40. The van der Waals surface area contributed by atoms with E-state index < -0.39 is 0 Å². The average molecular weight is 274 g/mol. The van der Waals surface area contributed by atoms with Gasteiger partial charge in [-0.3, -0.25) is 0 Å². The van der Waals surface area contributed by atoms with Gasteiger partial charge in [0.05, 0.1) is 16.8 Å². The van der Waals surface area contributed by atoms with Crippen LogP contribution >= 0.6 is 0 Å². The number of aryl methyl sites for hydroxylation is 1. The summed E-state index contributed by atoms with van der Waals surface area (Å²) in [6, 6.07) is 0. The Balaban J connectivity index is 1.79. The van der Waals surface area contributed by atoms with Gasteiger partial charge in [-0.25, -0.2) is 0 Å². The lowest BCUT2D eigenvalue weighted by molar-refractivity contribution is 0.0562. The quantitative estimate of drug-likeness (QED) is 0.830. The number of fused-ring (bicyclic) bond motifs is 4. The van der Waals surface area contributed by atoms with Gasteiger partial charge in [0.15, 0.2) is 0 Å². The van der Waals surface area contributed by atoms with Crippen molar-refractivity contribution in [2.45, 2.75) is 70.3 Å². The molecule has 0 saturated heterocycles. The van der Waals surface area contributed by atoms with E-state index in [1.165, 1.54) is 36.2 Å². The van der Waals surface area contributed by atoms with E-state index in [9.17, 15) is 0 Å². The predicted molar refractivity (Wildman–Crippen MR) is 75.8 cm³/mol. The third kappa shape index (κ3) is 1.42. The van der Waals surface area contributed by atoms with E-state index in [-0.39, 0.29) is 11.5 Å². The number of hydrogen-bond donors (Lipinski definition) is 0. The topological polar surface area (TPSA) is 47.6 Å². The average Bonchev–Trinajstić information content (AvgIpc) is 3.15. The van der Waals surface area contributed by atoms with Crippen molar-refractivity contribution in [1.82, 2.24) is 5.16 Å². The fourth-order valence-electron chi connectivity index (χ4n) is 4.53. The van der Waals surface area contributed by atoms with E-state index in [0.29, 0.717) is 5.92 Å². The summed E-state index contributed by atoms with van der Waals surface area (Å²) in [5.74, 6) is 1.59. The van der Waals surface area contributed by atoms with Gasteiger partial charge in [-0.2, -0.15) is 0 Å². The highest BCUT2D eigenvalue weighted by molar-refractivity contribution is 5.99. The number of nitrogens with zero attached hydrogens (tertiary/aromatic N) is 2. The maximum absolute atomic E-state index is 5.67. The fourth-order valence-corrected chi connectivity index (χ4v) is 4.53. The van der Waals surface area contributed by atoms with E-state index in [4.69, 9.17) is 9.36 Å². The Kier molecular flexibility index (Phi) is 2.69. The van der Waals surface area contributed by atoms with Gasteiger partial charge in [-0.15, -0.1) is 0 Å². The van der Waals surface area contributed by atoms with E-state index in [1.807, 2.05) is 0 Å². The first-order valence-corrected chi connectivity index (χ1v) is 8.02. The molecule has 0 aromatic carbocycles. The maximum Gasteiger partial charge on any atom is 0.139 e. The van der Waals surface area contributed by atoms with Crippen LogP contribution in [0, 0.1) is 5.92 Å². The molecule has 4 nitrogen and oxygen atoms in total. The molecule has 4 heteroatoms. The highest BCUT2D eigenvalue weighted by Gasteiger charge is 2.55. The minimum absolute atomic E-state index is 0.0269. The van der Waals surface area contributed by atoms with Gasteiger partial charge in [0, 0.05) is 17.9 Å². The van der Waals surface area contributed by atoms with Crippen molar-refractivity contribution >= 4 is 5.71 Å². The third-order valence-corrected chi connectivity index (χ3v) is 5.54. The molecule has 0 bridgehead atoms. The first-order chi connectivity index (χ1) is 9.80. The smallest absolute Gasteiger partial charge is 0.139 e. The summed E-state index contributed by atoms with van der Waals surface area (Å²) in [5, 5.41) is 8.96. The zero-order valence-corrected chi connectivity index (χ0v) is 12.3. The first kappa shape index (κ1) is 12.4. The molecule has 3 aliphatic rings. The first-order valence-electron chi connectivity index (χ1n) is 8.02. The summed E-state index contributed by atoms with van der Waals surface area (Å²) >= 11 is 0. The van der Waals surface area contributed by atoms with Crippen LogP contribution in [0.4, 0.5) is 0 Å². The Morgan fingerprint density at radius 2 is 2.20 bits per heavy atom. The van der Waals surface area contributed by atoms with Gasteiger partial charge < -0.3 is 9.36 Å². The van der Waals surface area contributed by atoms with Crippen LogP contribution in [-0.4, -0.2) is 17.0 Å². The van der Waals surface area contributed by atoms with Gasteiger partial charge in [-0.05, 0) is 38.5 Å².